The lowest BCUT2D eigenvalue weighted by Crippen LogP contribution is -2.36. The van der Waals surface area contributed by atoms with Gasteiger partial charge < -0.3 is 14.1 Å². The third-order valence-corrected chi connectivity index (χ3v) is 5.79. The fourth-order valence-electron chi connectivity index (χ4n) is 4.09. The number of aryl methyl sites for hydroxylation is 1. The molecule has 2 aliphatic rings. The Kier molecular flexibility index (Phi) is 4.16. The van der Waals surface area contributed by atoms with Gasteiger partial charge in [-0.05, 0) is 36.1 Å². The van der Waals surface area contributed by atoms with Crippen molar-refractivity contribution in [1.29, 1.82) is 0 Å². The zero-order chi connectivity index (χ0) is 17.4. The zero-order valence-electron chi connectivity index (χ0n) is 14.9. The first-order valence-electron chi connectivity index (χ1n) is 9.16. The van der Waals surface area contributed by atoms with Crippen LogP contribution < -0.4 is 0 Å². The molecule has 0 N–H and O–H groups in total. The first-order chi connectivity index (χ1) is 12.1. The predicted octanol–water partition coefficient (Wildman–Crippen LogP) is 3.55. The lowest BCUT2D eigenvalue weighted by Gasteiger charge is -2.24. The van der Waals surface area contributed by atoms with Gasteiger partial charge in [0.25, 0.3) is 0 Å². The number of carbonyl (C=O) groups excluding carboxylic acids is 1. The number of rotatable bonds is 4. The quantitative estimate of drug-likeness (QED) is 0.855. The Hall–Kier alpha value is -2.07. The van der Waals surface area contributed by atoms with Gasteiger partial charge in [0, 0.05) is 18.6 Å². The molecule has 132 valence electrons. The summed E-state index contributed by atoms with van der Waals surface area (Å²) < 4.78 is 11.5. The average Bonchev–Trinajstić information content (AvgIpc) is 2.97. The average molecular weight is 339 g/mol. The molecule has 1 aromatic heterocycles. The van der Waals surface area contributed by atoms with Gasteiger partial charge in [-0.15, -0.1) is 0 Å². The van der Waals surface area contributed by atoms with Crippen molar-refractivity contribution in [2.24, 2.45) is 5.92 Å². The van der Waals surface area contributed by atoms with Crippen molar-refractivity contribution in [3.05, 3.63) is 59.5 Å². The molecule has 1 aliphatic carbocycles. The Labute approximate surface area is 148 Å². The van der Waals surface area contributed by atoms with Crippen LogP contribution in [-0.4, -0.2) is 30.1 Å². The Morgan fingerprint density at radius 2 is 2.04 bits per heavy atom. The zero-order valence-corrected chi connectivity index (χ0v) is 14.9. The number of fused-ring (bicyclic) bond motifs is 1. The smallest absolute Gasteiger partial charge is 0.229 e. The van der Waals surface area contributed by atoms with Gasteiger partial charge in [0.05, 0.1) is 24.8 Å². The van der Waals surface area contributed by atoms with Crippen molar-refractivity contribution < 1.29 is 13.9 Å². The van der Waals surface area contributed by atoms with Crippen LogP contribution in [0.4, 0.5) is 0 Å². The van der Waals surface area contributed by atoms with Gasteiger partial charge in [0.1, 0.15) is 5.76 Å². The minimum atomic E-state index is -0.227. The van der Waals surface area contributed by atoms with Crippen LogP contribution in [0.25, 0.3) is 0 Å². The summed E-state index contributed by atoms with van der Waals surface area (Å²) in [6.45, 7) is 6.28. The highest BCUT2D eigenvalue weighted by Crippen LogP contribution is 2.57. The van der Waals surface area contributed by atoms with Crippen LogP contribution in [0.5, 0.6) is 0 Å². The summed E-state index contributed by atoms with van der Waals surface area (Å²) in [5.41, 5.74) is 2.29. The van der Waals surface area contributed by atoms with Crippen LogP contribution in [-0.2, 0) is 27.9 Å². The number of hydrogen-bond donors (Lipinski definition) is 0. The molecule has 1 aliphatic heterocycles. The molecule has 4 rings (SSSR count). The molecule has 1 saturated carbocycles. The van der Waals surface area contributed by atoms with Gasteiger partial charge in [-0.25, -0.2) is 0 Å². The van der Waals surface area contributed by atoms with Crippen LogP contribution >= 0.6 is 0 Å². The maximum atomic E-state index is 13.2. The molecule has 0 unspecified atom stereocenters. The maximum absolute atomic E-state index is 13.2. The molecule has 25 heavy (non-hydrogen) atoms. The number of hydrogen-bond acceptors (Lipinski definition) is 3. The number of benzene rings is 1. The number of ether oxygens (including phenoxy) is 1. The molecule has 3 atom stereocenters. The molecule has 0 radical (unpaired) electrons. The fraction of sp³-hybridized carbons (Fsp3) is 0.476. The van der Waals surface area contributed by atoms with E-state index in [1.54, 1.807) is 6.26 Å². The van der Waals surface area contributed by atoms with Gasteiger partial charge in [0.2, 0.25) is 5.91 Å². The highest BCUT2D eigenvalue weighted by atomic mass is 16.5. The minimum absolute atomic E-state index is 0.0214. The van der Waals surface area contributed by atoms with Crippen molar-refractivity contribution >= 4 is 5.91 Å². The number of nitrogens with zero attached hydrogens (tertiary/aromatic N) is 1. The summed E-state index contributed by atoms with van der Waals surface area (Å²) in [4.78, 5) is 15.1. The largest absolute Gasteiger partial charge is 0.467 e. The number of carbonyl (C=O) groups is 1. The summed E-state index contributed by atoms with van der Waals surface area (Å²) in [5, 5.41) is 0. The SMILES string of the molecule is CCc1ccc([C@@]2(C)[C@@H]3C(=O)N(Cc4ccco4)CCCO[C@@H]32)cc1. The highest BCUT2D eigenvalue weighted by molar-refractivity contribution is 5.86. The monoisotopic (exact) mass is 339 g/mol. The maximum Gasteiger partial charge on any atom is 0.229 e. The van der Waals surface area contributed by atoms with Gasteiger partial charge in [-0.2, -0.15) is 0 Å². The second kappa shape index (κ2) is 6.34. The third kappa shape index (κ3) is 2.78. The molecule has 2 aromatic rings. The minimum Gasteiger partial charge on any atom is -0.467 e. The van der Waals surface area contributed by atoms with E-state index in [-0.39, 0.29) is 23.3 Å². The van der Waals surface area contributed by atoms with Crippen molar-refractivity contribution in [3.63, 3.8) is 0 Å². The molecular weight excluding hydrogens is 314 g/mol. The van der Waals surface area contributed by atoms with E-state index in [1.165, 1.54) is 11.1 Å². The summed E-state index contributed by atoms with van der Waals surface area (Å²) >= 11 is 0. The summed E-state index contributed by atoms with van der Waals surface area (Å²) in [5.74, 6) is 0.916. The highest BCUT2D eigenvalue weighted by Gasteiger charge is 2.68. The summed E-state index contributed by atoms with van der Waals surface area (Å²) in [6, 6.07) is 12.5. The third-order valence-electron chi connectivity index (χ3n) is 5.79. The fourth-order valence-corrected chi connectivity index (χ4v) is 4.09. The molecule has 1 amide bonds. The van der Waals surface area contributed by atoms with E-state index >= 15 is 0 Å². The van der Waals surface area contributed by atoms with Crippen LogP contribution in [0.15, 0.2) is 47.1 Å². The van der Waals surface area contributed by atoms with E-state index in [0.29, 0.717) is 19.7 Å². The van der Waals surface area contributed by atoms with Crippen LogP contribution in [0, 0.1) is 5.92 Å². The molecule has 4 heteroatoms. The number of furan rings is 1. The summed E-state index contributed by atoms with van der Waals surface area (Å²) in [6.07, 6.45) is 3.52. The molecule has 2 heterocycles. The van der Waals surface area contributed by atoms with Crippen molar-refractivity contribution in [1.82, 2.24) is 4.90 Å². The Bertz CT molecular complexity index is 737. The van der Waals surface area contributed by atoms with Crippen molar-refractivity contribution in [2.45, 2.75) is 44.8 Å². The number of amides is 1. The van der Waals surface area contributed by atoms with Crippen LogP contribution in [0.3, 0.4) is 0 Å². The van der Waals surface area contributed by atoms with Crippen molar-refractivity contribution in [2.75, 3.05) is 13.2 Å². The van der Waals surface area contributed by atoms with E-state index < -0.39 is 0 Å². The lowest BCUT2D eigenvalue weighted by atomic mass is 9.93. The van der Waals surface area contributed by atoms with E-state index in [2.05, 4.69) is 38.1 Å². The Balaban J connectivity index is 1.58. The first kappa shape index (κ1) is 16.4. The second-order valence-electron chi connectivity index (χ2n) is 7.29. The standard InChI is InChI=1S/C21H25NO3/c1-3-15-7-9-16(10-8-15)21(2)18-19(21)25-13-5-11-22(20(18)23)14-17-6-4-12-24-17/h4,6-10,12,18-19H,3,5,11,13-14H2,1-2H3/t18-,19-,21-/m0/s1. The first-order valence-corrected chi connectivity index (χ1v) is 9.16. The Morgan fingerprint density at radius 3 is 2.72 bits per heavy atom. The Morgan fingerprint density at radius 1 is 1.24 bits per heavy atom. The van der Waals surface area contributed by atoms with Crippen LogP contribution in [0.2, 0.25) is 0 Å². The van der Waals surface area contributed by atoms with E-state index in [0.717, 1.165) is 18.6 Å². The lowest BCUT2D eigenvalue weighted by molar-refractivity contribution is -0.136. The molecule has 1 saturated heterocycles. The van der Waals surface area contributed by atoms with Gasteiger partial charge in [-0.3, -0.25) is 4.79 Å². The van der Waals surface area contributed by atoms with Crippen LogP contribution in [0.1, 0.15) is 37.2 Å². The van der Waals surface area contributed by atoms with Crippen molar-refractivity contribution in [3.8, 4) is 0 Å². The molecule has 1 aromatic carbocycles. The summed E-state index contributed by atoms with van der Waals surface area (Å²) in [7, 11) is 0. The molecular formula is C21H25NO3. The predicted molar refractivity (Wildman–Crippen MR) is 95.1 cm³/mol. The molecule has 2 fully saturated rings. The normalized spacial score (nSPS) is 29.0. The molecule has 4 nitrogen and oxygen atoms in total. The second-order valence-corrected chi connectivity index (χ2v) is 7.29. The van der Waals surface area contributed by atoms with Gasteiger partial charge in [0.15, 0.2) is 0 Å². The van der Waals surface area contributed by atoms with Gasteiger partial charge in [-0.1, -0.05) is 38.1 Å². The van der Waals surface area contributed by atoms with E-state index in [4.69, 9.17) is 9.15 Å². The topological polar surface area (TPSA) is 42.7 Å². The molecule has 0 spiro atoms. The van der Waals surface area contributed by atoms with Gasteiger partial charge >= 0.3 is 0 Å². The van der Waals surface area contributed by atoms with E-state index in [9.17, 15) is 4.79 Å². The molecule has 0 bridgehead atoms. The van der Waals surface area contributed by atoms with E-state index in [1.807, 2.05) is 17.0 Å².